The number of benzene rings is 1. The summed E-state index contributed by atoms with van der Waals surface area (Å²) in [6.07, 6.45) is 3.61. The van der Waals surface area contributed by atoms with Crippen LogP contribution >= 0.6 is 12.4 Å². The van der Waals surface area contributed by atoms with Crippen molar-refractivity contribution < 1.29 is 9.90 Å². The topological polar surface area (TPSA) is 74.6 Å². The number of hydrogen-bond donors (Lipinski definition) is 2. The summed E-state index contributed by atoms with van der Waals surface area (Å²) < 4.78 is 2.02. The van der Waals surface area contributed by atoms with E-state index in [1.54, 1.807) is 12.3 Å². The molecule has 0 radical (unpaired) electrons. The molecule has 1 aromatic carbocycles. The largest absolute Gasteiger partial charge is 0.477 e. The van der Waals surface area contributed by atoms with Crippen molar-refractivity contribution in [1.29, 1.82) is 0 Å². The molecule has 2 fully saturated rings. The SMILES string of the molecule is Cc1c(N2CCNCC2)ccc2c(=O)c(C(=O)O)cn(C3CC3)c12.Cl. The number of carboxylic acids is 1. The quantitative estimate of drug-likeness (QED) is 0.874. The van der Waals surface area contributed by atoms with Crippen LogP contribution in [0.15, 0.2) is 23.1 Å². The zero-order chi connectivity index (χ0) is 16.8. The van der Waals surface area contributed by atoms with Crippen molar-refractivity contribution in [3.05, 3.63) is 39.7 Å². The number of aromatic nitrogens is 1. The number of hydrogen-bond acceptors (Lipinski definition) is 4. The Kier molecular flexibility index (Phi) is 4.75. The highest BCUT2D eigenvalue weighted by atomic mass is 35.5. The summed E-state index contributed by atoms with van der Waals surface area (Å²) in [4.78, 5) is 26.3. The van der Waals surface area contributed by atoms with Gasteiger partial charge in [-0.15, -0.1) is 12.4 Å². The van der Waals surface area contributed by atoms with E-state index in [-0.39, 0.29) is 23.4 Å². The number of carbonyl (C=O) groups is 1. The lowest BCUT2D eigenvalue weighted by Gasteiger charge is -2.31. The number of aromatic carboxylic acids is 1. The molecule has 0 amide bonds. The van der Waals surface area contributed by atoms with Crippen LogP contribution in [0.4, 0.5) is 5.69 Å². The number of pyridine rings is 1. The summed E-state index contributed by atoms with van der Waals surface area (Å²) in [5.41, 5.74) is 2.58. The normalized spacial score (nSPS) is 17.4. The molecular weight excluding hydrogens is 342 g/mol. The molecule has 1 saturated carbocycles. The molecule has 25 heavy (non-hydrogen) atoms. The monoisotopic (exact) mass is 363 g/mol. The number of aryl methyl sites for hydroxylation is 1. The summed E-state index contributed by atoms with van der Waals surface area (Å²) in [7, 11) is 0. The number of anilines is 1. The Labute approximate surface area is 151 Å². The Morgan fingerprint density at radius 3 is 2.52 bits per heavy atom. The van der Waals surface area contributed by atoms with E-state index < -0.39 is 5.97 Å². The zero-order valence-corrected chi connectivity index (χ0v) is 14.9. The third kappa shape index (κ3) is 3.00. The van der Waals surface area contributed by atoms with Gasteiger partial charge in [-0.2, -0.15) is 0 Å². The first kappa shape index (κ1) is 17.8. The van der Waals surface area contributed by atoms with Crippen LogP contribution < -0.4 is 15.6 Å². The van der Waals surface area contributed by atoms with Crippen LogP contribution in [0.3, 0.4) is 0 Å². The van der Waals surface area contributed by atoms with Gasteiger partial charge in [0.25, 0.3) is 0 Å². The molecule has 0 bridgehead atoms. The minimum absolute atomic E-state index is 0. The molecule has 0 unspecified atom stereocenters. The second kappa shape index (κ2) is 6.69. The van der Waals surface area contributed by atoms with E-state index in [0.717, 1.165) is 55.8 Å². The highest BCUT2D eigenvalue weighted by Gasteiger charge is 2.28. The number of rotatable bonds is 3. The van der Waals surface area contributed by atoms with E-state index in [4.69, 9.17) is 0 Å². The number of piperazine rings is 1. The zero-order valence-electron chi connectivity index (χ0n) is 14.1. The molecule has 2 aromatic rings. The van der Waals surface area contributed by atoms with Gasteiger partial charge < -0.3 is 19.9 Å². The lowest BCUT2D eigenvalue weighted by molar-refractivity contribution is 0.0695. The third-order valence-electron chi connectivity index (χ3n) is 5.05. The lowest BCUT2D eigenvalue weighted by Crippen LogP contribution is -2.43. The molecule has 2 heterocycles. The van der Waals surface area contributed by atoms with Gasteiger partial charge in [-0.25, -0.2) is 4.79 Å². The van der Waals surface area contributed by atoms with Crippen LogP contribution in [0.25, 0.3) is 10.9 Å². The van der Waals surface area contributed by atoms with Crippen LogP contribution in [0.5, 0.6) is 0 Å². The molecule has 2 N–H and O–H groups in total. The standard InChI is InChI=1S/C18H21N3O3.ClH/c1-11-15(20-8-6-19-7-9-20)5-4-13-16(11)21(12-2-3-12)10-14(17(13)22)18(23)24;/h4-5,10,12,19H,2-3,6-9H2,1H3,(H,23,24);1H. The van der Waals surface area contributed by atoms with Crippen LogP contribution in [0.2, 0.25) is 0 Å². The molecule has 2 aliphatic rings. The first-order chi connectivity index (χ1) is 11.6. The first-order valence-electron chi connectivity index (χ1n) is 8.45. The van der Waals surface area contributed by atoms with Crippen molar-refractivity contribution in [3.63, 3.8) is 0 Å². The fraction of sp³-hybridized carbons (Fsp3) is 0.444. The Morgan fingerprint density at radius 2 is 1.92 bits per heavy atom. The lowest BCUT2D eigenvalue weighted by atomic mass is 10.0. The van der Waals surface area contributed by atoms with Crippen molar-refractivity contribution in [3.8, 4) is 0 Å². The Hall–Kier alpha value is -2.05. The predicted octanol–water partition coefficient (Wildman–Crippen LogP) is 2.17. The summed E-state index contributed by atoms with van der Waals surface area (Å²) in [6, 6.07) is 4.07. The smallest absolute Gasteiger partial charge is 0.341 e. The summed E-state index contributed by atoms with van der Waals surface area (Å²) in [5.74, 6) is -1.15. The molecule has 7 heteroatoms. The molecule has 134 valence electrons. The minimum Gasteiger partial charge on any atom is -0.477 e. The molecule has 1 aliphatic heterocycles. The van der Waals surface area contributed by atoms with Crippen LogP contribution in [0.1, 0.15) is 34.8 Å². The molecule has 1 saturated heterocycles. The van der Waals surface area contributed by atoms with Crippen molar-refractivity contribution >= 4 is 35.0 Å². The second-order valence-electron chi connectivity index (χ2n) is 6.66. The van der Waals surface area contributed by atoms with Crippen LogP contribution in [-0.2, 0) is 0 Å². The van der Waals surface area contributed by atoms with Gasteiger partial charge >= 0.3 is 5.97 Å². The van der Waals surface area contributed by atoms with E-state index in [2.05, 4.69) is 10.2 Å². The first-order valence-corrected chi connectivity index (χ1v) is 8.45. The van der Waals surface area contributed by atoms with Gasteiger partial charge in [0.1, 0.15) is 5.56 Å². The van der Waals surface area contributed by atoms with Gasteiger partial charge in [-0.1, -0.05) is 0 Å². The van der Waals surface area contributed by atoms with Gasteiger partial charge in [0, 0.05) is 49.5 Å². The van der Waals surface area contributed by atoms with E-state index in [0.29, 0.717) is 11.4 Å². The molecule has 1 aromatic heterocycles. The molecule has 0 spiro atoms. The summed E-state index contributed by atoms with van der Waals surface area (Å²) in [6.45, 7) is 5.81. The summed E-state index contributed by atoms with van der Waals surface area (Å²) >= 11 is 0. The van der Waals surface area contributed by atoms with Gasteiger partial charge in [0.05, 0.1) is 5.52 Å². The average Bonchev–Trinajstić information content (AvgIpc) is 3.41. The average molecular weight is 364 g/mol. The number of carboxylic acid groups (broad SMARTS) is 1. The molecule has 0 atom stereocenters. The number of nitrogens with one attached hydrogen (secondary N) is 1. The Bertz CT molecular complexity index is 883. The maximum Gasteiger partial charge on any atom is 0.341 e. The number of halogens is 1. The van der Waals surface area contributed by atoms with Crippen LogP contribution in [-0.4, -0.2) is 41.8 Å². The molecule has 6 nitrogen and oxygen atoms in total. The highest BCUT2D eigenvalue weighted by Crippen LogP contribution is 2.39. The number of fused-ring (bicyclic) bond motifs is 1. The van der Waals surface area contributed by atoms with Crippen molar-refractivity contribution in [2.75, 3.05) is 31.1 Å². The fourth-order valence-electron chi connectivity index (χ4n) is 3.65. The van der Waals surface area contributed by atoms with Gasteiger partial charge in [0.15, 0.2) is 0 Å². The van der Waals surface area contributed by atoms with Crippen LogP contribution in [0, 0.1) is 6.92 Å². The molecule has 4 rings (SSSR count). The maximum absolute atomic E-state index is 12.6. The Balaban J connectivity index is 0.00000182. The van der Waals surface area contributed by atoms with Gasteiger partial charge in [-0.05, 0) is 37.5 Å². The van der Waals surface area contributed by atoms with E-state index in [1.807, 2.05) is 17.6 Å². The molecule has 1 aliphatic carbocycles. The second-order valence-corrected chi connectivity index (χ2v) is 6.66. The van der Waals surface area contributed by atoms with E-state index >= 15 is 0 Å². The predicted molar refractivity (Wildman–Crippen MR) is 101 cm³/mol. The van der Waals surface area contributed by atoms with Crippen molar-refractivity contribution in [2.24, 2.45) is 0 Å². The summed E-state index contributed by atoms with van der Waals surface area (Å²) in [5, 5.41) is 13.2. The highest BCUT2D eigenvalue weighted by molar-refractivity contribution is 5.95. The number of nitrogens with zero attached hydrogens (tertiary/aromatic N) is 2. The fourth-order valence-corrected chi connectivity index (χ4v) is 3.65. The van der Waals surface area contributed by atoms with Gasteiger partial charge in [-0.3, -0.25) is 4.79 Å². The Morgan fingerprint density at radius 1 is 1.24 bits per heavy atom. The van der Waals surface area contributed by atoms with Crippen molar-refractivity contribution in [1.82, 2.24) is 9.88 Å². The molecular formula is C18H22ClN3O3. The van der Waals surface area contributed by atoms with E-state index in [1.165, 1.54) is 0 Å². The van der Waals surface area contributed by atoms with Gasteiger partial charge in [0.2, 0.25) is 5.43 Å². The van der Waals surface area contributed by atoms with Crippen molar-refractivity contribution in [2.45, 2.75) is 25.8 Å². The maximum atomic E-state index is 12.6. The minimum atomic E-state index is -1.15. The van der Waals surface area contributed by atoms with E-state index in [9.17, 15) is 14.7 Å². The third-order valence-corrected chi connectivity index (χ3v) is 5.05.